The molecule has 0 radical (unpaired) electrons. The SMILES string of the molecule is CC(=O)C1=C(O)[C@]2(O)C(=O)C3=C(O)c4c(O)c(CC(=O)Cc5cccc(C)c5)cc(C(C)C)c4C[C@]3(C)C[C@]2(C)C(C(C)C)C1=O. The van der Waals surface area contributed by atoms with Crippen molar-refractivity contribution < 1.29 is 39.6 Å². The molecule has 0 saturated heterocycles. The van der Waals surface area contributed by atoms with Gasteiger partial charge in [0.1, 0.15) is 28.6 Å². The number of aromatic hydroxyl groups is 1. The van der Waals surface area contributed by atoms with E-state index in [1.165, 1.54) is 0 Å². The first-order valence-electron chi connectivity index (χ1n) is 15.9. The zero-order chi connectivity index (χ0) is 34.3. The van der Waals surface area contributed by atoms with Gasteiger partial charge in [-0.1, -0.05) is 77.4 Å². The third-order valence-electron chi connectivity index (χ3n) is 10.6. The second kappa shape index (κ2) is 11.0. The molecule has 0 aliphatic heterocycles. The van der Waals surface area contributed by atoms with Crippen LogP contribution in [-0.2, 0) is 38.4 Å². The van der Waals surface area contributed by atoms with Gasteiger partial charge in [-0.15, -0.1) is 0 Å². The van der Waals surface area contributed by atoms with Crippen LogP contribution in [-0.4, -0.2) is 49.2 Å². The lowest BCUT2D eigenvalue weighted by Crippen LogP contribution is -2.69. The van der Waals surface area contributed by atoms with Gasteiger partial charge in [0.2, 0.25) is 5.78 Å². The fourth-order valence-corrected chi connectivity index (χ4v) is 8.85. The van der Waals surface area contributed by atoms with Crippen LogP contribution < -0.4 is 0 Å². The van der Waals surface area contributed by atoms with Crippen molar-refractivity contribution in [3.63, 3.8) is 0 Å². The molecule has 2 aromatic rings. The van der Waals surface area contributed by atoms with Crippen LogP contribution in [0.3, 0.4) is 0 Å². The highest BCUT2D eigenvalue weighted by atomic mass is 16.3. The Labute approximate surface area is 269 Å². The van der Waals surface area contributed by atoms with Gasteiger partial charge in [0.25, 0.3) is 0 Å². The number of Topliss-reactive ketones (excluding diaryl/α,β-unsaturated/α-hetero) is 4. The average Bonchev–Trinajstić information content (AvgIpc) is 2.91. The molecule has 2 aromatic carbocycles. The van der Waals surface area contributed by atoms with E-state index in [2.05, 4.69) is 0 Å². The number of hydrogen-bond donors (Lipinski definition) is 4. The molecule has 0 aromatic heterocycles. The summed E-state index contributed by atoms with van der Waals surface area (Å²) in [5.41, 5.74) is -2.44. The molecule has 1 fully saturated rings. The van der Waals surface area contributed by atoms with Crippen LogP contribution in [0.5, 0.6) is 5.75 Å². The number of aryl methyl sites for hydroxylation is 1. The van der Waals surface area contributed by atoms with Gasteiger partial charge in [0, 0.05) is 40.7 Å². The van der Waals surface area contributed by atoms with E-state index in [1.807, 2.05) is 45.0 Å². The van der Waals surface area contributed by atoms with Crippen molar-refractivity contribution in [2.24, 2.45) is 22.7 Å². The van der Waals surface area contributed by atoms with Gasteiger partial charge in [-0.3, -0.25) is 19.2 Å². The Balaban J connectivity index is 1.71. The van der Waals surface area contributed by atoms with Crippen molar-refractivity contribution in [2.45, 2.75) is 92.6 Å². The number of ketones is 4. The van der Waals surface area contributed by atoms with Crippen molar-refractivity contribution in [3.05, 3.63) is 80.6 Å². The number of fused-ring (bicyclic) bond motifs is 3. The summed E-state index contributed by atoms with van der Waals surface area (Å²) in [7, 11) is 0. The Morgan fingerprint density at radius 3 is 2.22 bits per heavy atom. The molecular formula is C38H44O8. The van der Waals surface area contributed by atoms with Gasteiger partial charge < -0.3 is 20.4 Å². The quantitative estimate of drug-likeness (QED) is 0.274. The number of carbonyl (C=O) groups excluding carboxylic acids is 4. The third-order valence-corrected chi connectivity index (χ3v) is 10.6. The topological polar surface area (TPSA) is 149 Å². The van der Waals surface area contributed by atoms with Crippen LogP contribution in [0.25, 0.3) is 5.76 Å². The number of benzene rings is 2. The number of aliphatic hydroxyl groups excluding tert-OH is 2. The summed E-state index contributed by atoms with van der Waals surface area (Å²) >= 11 is 0. The van der Waals surface area contributed by atoms with E-state index in [1.54, 1.807) is 33.8 Å². The predicted molar refractivity (Wildman–Crippen MR) is 174 cm³/mol. The molecule has 0 amide bonds. The normalized spacial score (nSPS) is 27.6. The van der Waals surface area contributed by atoms with Gasteiger partial charge >= 0.3 is 0 Å². The van der Waals surface area contributed by atoms with E-state index < -0.39 is 62.7 Å². The fraction of sp³-hybridized carbons (Fsp3) is 0.474. The van der Waals surface area contributed by atoms with Crippen molar-refractivity contribution in [2.75, 3.05) is 0 Å². The molecule has 4 N–H and O–H groups in total. The first-order valence-corrected chi connectivity index (χ1v) is 15.9. The number of hydrogen-bond acceptors (Lipinski definition) is 8. The molecule has 8 nitrogen and oxygen atoms in total. The predicted octanol–water partition coefficient (Wildman–Crippen LogP) is 5.98. The van der Waals surface area contributed by atoms with Crippen LogP contribution >= 0.6 is 0 Å². The molecular weight excluding hydrogens is 584 g/mol. The maximum atomic E-state index is 14.6. The highest BCUT2D eigenvalue weighted by Crippen LogP contribution is 2.65. The minimum atomic E-state index is -2.67. The van der Waals surface area contributed by atoms with Crippen LogP contribution in [0.4, 0.5) is 0 Å². The summed E-state index contributed by atoms with van der Waals surface area (Å²) in [6.45, 7) is 13.9. The van der Waals surface area contributed by atoms with E-state index in [0.717, 1.165) is 23.6 Å². The molecule has 244 valence electrons. The third kappa shape index (κ3) is 4.67. The highest BCUT2D eigenvalue weighted by Gasteiger charge is 2.72. The van der Waals surface area contributed by atoms with Crippen molar-refractivity contribution in [3.8, 4) is 5.75 Å². The summed E-state index contributed by atoms with van der Waals surface area (Å²) in [6.07, 6.45) is 0.275. The summed E-state index contributed by atoms with van der Waals surface area (Å²) in [5, 5.41) is 47.3. The molecule has 3 aliphatic rings. The maximum Gasteiger partial charge on any atom is 0.203 e. The average molecular weight is 629 g/mol. The Morgan fingerprint density at radius 1 is 1.00 bits per heavy atom. The Bertz CT molecular complexity index is 1770. The zero-order valence-corrected chi connectivity index (χ0v) is 27.9. The smallest absolute Gasteiger partial charge is 0.203 e. The second-order valence-electron chi connectivity index (χ2n) is 14.8. The Kier molecular flexibility index (Phi) is 8.00. The fourth-order valence-electron chi connectivity index (χ4n) is 8.85. The monoisotopic (exact) mass is 628 g/mol. The number of phenolic OH excluding ortho intramolecular Hbond substituents is 1. The van der Waals surface area contributed by atoms with E-state index in [9.17, 15) is 39.6 Å². The molecule has 3 aliphatic carbocycles. The molecule has 1 saturated carbocycles. The van der Waals surface area contributed by atoms with Crippen LogP contribution in [0.1, 0.15) is 94.2 Å². The number of aliphatic hydroxyl groups is 3. The van der Waals surface area contributed by atoms with Crippen molar-refractivity contribution in [1.29, 1.82) is 0 Å². The van der Waals surface area contributed by atoms with Gasteiger partial charge in [0.15, 0.2) is 17.2 Å². The summed E-state index contributed by atoms with van der Waals surface area (Å²) in [4.78, 5) is 54.1. The largest absolute Gasteiger partial charge is 0.508 e. The van der Waals surface area contributed by atoms with E-state index in [-0.39, 0.29) is 54.3 Å². The molecule has 0 heterocycles. The van der Waals surface area contributed by atoms with E-state index in [4.69, 9.17) is 0 Å². The minimum absolute atomic E-state index is 0.0277. The highest BCUT2D eigenvalue weighted by molar-refractivity contribution is 6.24. The molecule has 5 rings (SSSR count). The number of phenols is 1. The van der Waals surface area contributed by atoms with Crippen LogP contribution in [0.2, 0.25) is 0 Å². The van der Waals surface area contributed by atoms with E-state index >= 15 is 0 Å². The first kappa shape index (κ1) is 33.3. The number of rotatable bonds is 7. The maximum absolute atomic E-state index is 14.6. The van der Waals surface area contributed by atoms with Gasteiger partial charge in [-0.25, -0.2) is 0 Å². The zero-order valence-electron chi connectivity index (χ0n) is 27.9. The summed E-state index contributed by atoms with van der Waals surface area (Å²) in [5.74, 6) is -5.82. The molecule has 1 unspecified atom stereocenters. The standard InChI is InChI=1S/C38H44O8/c1-18(2)25-15-23(14-24(40)13-22-11-9-10-20(5)12-22)31(41)28-26(25)16-36(7)17-37(8)29(19(3)4)32(42)27(21(6)39)34(44)38(37,46)35(45)30(36)33(28)43/h9-12,15,18-19,29,41,43-44,46H,13-14,16-17H2,1-8H3/t29?,36-,37-,38+/m1/s1. The van der Waals surface area contributed by atoms with Crippen molar-refractivity contribution in [1.82, 2.24) is 0 Å². The lowest BCUT2D eigenvalue weighted by Gasteiger charge is -2.60. The Morgan fingerprint density at radius 2 is 1.65 bits per heavy atom. The molecule has 46 heavy (non-hydrogen) atoms. The van der Waals surface area contributed by atoms with E-state index in [0.29, 0.717) is 11.1 Å². The lowest BCUT2D eigenvalue weighted by molar-refractivity contribution is -0.178. The van der Waals surface area contributed by atoms with Gasteiger partial charge in [-0.2, -0.15) is 0 Å². The first-order chi connectivity index (χ1) is 21.3. The van der Waals surface area contributed by atoms with Crippen molar-refractivity contribution >= 4 is 28.9 Å². The molecule has 0 bridgehead atoms. The Hall–Kier alpha value is -4.04. The summed E-state index contributed by atoms with van der Waals surface area (Å²) in [6, 6.07) is 9.42. The van der Waals surface area contributed by atoms with Crippen LogP contribution in [0, 0.1) is 29.6 Å². The second-order valence-corrected chi connectivity index (χ2v) is 14.8. The van der Waals surface area contributed by atoms with Gasteiger partial charge in [0.05, 0.1) is 5.56 Å². The minimum Gasteiger partial charge on any atom is -0.508 e. The van der Waals surface area contributed by atoms with Crippen LogP contribution in [0.15, 0.2) is 47.2 Å². The van der Waals surface area contributed by atoms with Gasteiger partial charge in [-0.05, 0) is 55.2 Å². The molecule has 8 heteroatoms. The summed E-state index contributed by atoms with van der Waals surface area (Å²) < 4.78 is 0. The molecule has 0 spiro atoms. The lowest BCUT2D eigenvalue weighted by atomic mass is 9.43. The number of carbonyl (C=O) groups is 4. The number of allylic oxidation sites excluding steroid dienone is 1. The molecule has 4 atom stereocenters.